The van der Waals surface area contributed by atoms with Crippen LogP contribution in [0.25, 0.3) is 0 Å². The van der Waals surface area contributed by atoms with Crippen LogP contribution in [0.15, 0.2) is 0 Å². The van der Waals surface area contributed by atoms with E-state index in [1.807, 2.05) is 13.8 Å². The van der Waals surface area contributed by atoms with E-state index < -0.39 is 24.0 Å². The second-order valence-corrected chi connectivity index (χ2v) is 7.30. The normalized spacial score (nSPS) is 61.8. The summed E-state index contributed by atoms with van der Waals surface area (Å²) in [5.41, 5.74) is -0.549. The molecule has 8 atom stereocenters. The lowest BCUT2D eigenvalue weighted by Gasteiger charge is -2.59. The Morgan fingerprint density at radius 3 is 2.65 bits per heavy atom. The van der Waals surface area contributed by atoms with Gasteiger partial charge in [0, 0.05) is 18.3 Å². The molecular formula is C15H24O5. The van der Waals surface area contributed by atoms with E-state index in [2.05, 4.69) is 6.92 Å². The number of hydrogen-bond donors (Lipinski definition) is 1. The highest BCUT2D eigenvalue weighted by molar-refractivity contribution is 5.08. The third kappa shape index (κ3) is 1.56. The van der Waals surface area contributed by atoms with Crippen LogP contribution in [0.2, 0.25) is 0 Å². The number of aliphatic hydroxyl groups excluding tert-OH is 1. The first-order valence-electron chi connectivity index (χ1n) is 7.84. The van der Waals surface area contributed by atoms with Gasteiger partial charge in [-0.2, -0.15) is 0 Å². The summed E-state index contributed by atoms with van der Waals surface area (Å²) in [5.74, 6) is 0.437. The van der Waals surface area contributed by atoms with Gasteiger partial charge in [0.1, 0.15) is 0 Å². The van der Waals surface area contributed by atoms with Crippen LogP contribution < -0.4 is 0 Å². The highest BCUT2D eigenvalue weighted by Crippen LogP contribution is 2.60. The summed E-state index contributed by atoms with van der Waals surface area (Å²) in [4.78, 5) is 11.6. The molecule has 2 bridgehead atoms. The molecule has 0 amide bonds. The fourth-order valence-electron chi connectivity index (χ4n) is 4.89. The first-order valence-corrected chi connectivity index (χ1v) is 7.84. The summed E-state index contributed by atoms with van der Waals surface area (Å²) < 4.78 is 11.9. The van der Waals surface area contributed by atoms with E-state index in [9.17, 15) is 5.11 Å². The molecule has 20 heavy (non-hydrogen) atoms. The fraction of sp³-hybridized carbons (Fsp3) is 1.00. The maximum atomic E-state index is 10.2. The molecule has 0 aromatic heterocycles. The van der Waals surface area contributed by atoms with Crippen molar-refractivity contribution in [1.29, 1.82) is 0 Å². The Balaban J connectivity index is 1.82. The highest BCUT2D eigenvalue weighted by Gasteiger charge is 2.69. The molecule has 114 valence electrons. The Bertz CT molecular complexity index is 411. The van der Waals surface area contributed by atoms with Crippen LogP contribution in [-0.4, -0.2) is 29.1 Å². The van der Waals surface area contributed by atoms with Crippen LogP contribution in [0.5, 0.6) is 0 Å². The first-order chi connectivity index (χ1) is 9.46. The molecule has 5 aliphatic rings. The maximum absolute atomic E-state index is 10.2. The lowest BCUT2D eigenvalue weighted by atomic mass is 9.58. The van der Waals surface area contributed by atoms with Gasteiger partial charge in [0.15, 0.2) is 18.2 Å². The number of aliphatic hydroxyl groups is 1. The average molecular weight is 284 g/mol. The van der Waals surface area contributed by atoms with Gasteiger partial charge in [-0.05, 0) is 38.0 Å². The number of rotatable bonds is 0. The summed E-state index contributed by atoms with van der Waals surface area (Å²) in [7, 11) is 0. The molecule has 1 spiro atoms. The standard InChI is InChI=1S/C15H24O5/c1-8-4-5-11-9(2)12(16)17-13-15(11)10(8)6-7-14(3,18-13)19-20-15/h8-13,16H,4-7H2,1-3H3/t8-,9+,10+,11-,12-,13-,14-,15-/m1/s1. The summed E-state index contributed by atoms with van der Waals surface area (Å²) in [6.45, 7) is 6.22. The van der Waals surface area contributed by atoms with E-state index in [-0.39, 0.29) is 11.8 Å². The van der Waals surface area contributed by atoms with Crippen LogP contribution >= 0.6 is 0 Å². The topological polar surface area (TPSA) is 57.2 Å². The Labute approximate surface area is 119 Å². The molecule has 4 saturated heterocycles. The monoisotopic (exact) mass is 284 g/mol. The Kier molecular flexibility index (Phi) is 2.81. The van der Waals surface area contributed by atoms with Crippen molar-refractivity contribution >= 4 is 0 Å². The van der Waals surface area contributed by atoms with Crippen molar-refractivity contribution in [2.45, 2.75) is 70.4 Å². The molecule has 1 N–H and O–H groups in total. The second-order valence-electron chi connectivity index (χ2n) is 7.30. The molecule has 1 aliphatic carbocycles. The summed E-state index contributed by atoms with van der Waals surface area (Å²) in [5, 5.41) is 10.2. The van der Waals surface area contributed by atoms with Gasteiger partial charge in [-0.15, -0.1) is 0 Å². The highest BCUT2D eigenvalue weighted by atomic mass is 17.3. The van der Waals surface area contributed by atoms with E-state index >= 15 is 0 Å². The molecule has 0 aromatic carbocycles. The van der Waals surface area contributed by atoms with Gasteiger partial charge < -0.3 is 14.6 Å². The van der Waals surface area contributed by atoms with E-state index in [0.717, 1.165) is 19.3 Å². The number of hydrogen-bond acceptors (Lipinski definition) is 5. The zero-order valence-corrected chi connectivity index (χ0v) is 12.4. The summed E-state index contributed by atoms with van der Waals surface area (Å²) in [6.07, 6.45) is 2.72. The third-order valence-electron chi connectivity index (χ3n) is 6.12. The minimum Gasteiger partial charge on any atom is -0.368 e. The van der Waals surface area contributed by atoms with Gasteiger partial charge in [-0.25, -0.2) is 9.78 Å². The van der Waals surface area contributed by atoms with Gasteiger partial charge in [0.2, 0.25) is 5.79 Å². The zero-order valence-electron chi connectivity index (χ0n) is 12.4. The molecule has 5 rings (SSSR count). The van der Waals surface area contributed by atoms with Crippen molar-refractivity contribution in [2.24, 2.45) is 23.7 Å². The molecule has 0 aromatic rings. The van der Waals surface area contributed by atoms with Crippen molar-refractivity contribution in [1.82, 2.24) is 0 Å². The first kappa shape index (κ1) is 13.5. The lowest BCUT2D eigenvalue weighted by Crippen LogP contribution is -2.70. The van der Waals surface area contributed by atoms with Crippen LogP contribution in [0.1, 0.15) is 46.5 Å². The Hall–Kier alpha value is -0.200. The Morgan fingerprint density at radius 2 is 1.85 bits per heavy atom. The second kappa shape index (κ2) is 4.17. The summed E-state index contributed by atoms with van der Waals surface area (Å²) in [6, 6.07) is 0. The molecule has 0 radical (unpaired) electrons. The SMILES string of the molecule is C[C@@H]1[C@H](O)O[C@@H]2O[C@@]3(C)CC[C@H]4[C@H](C)CC[C@H]1[C@@]24OO3. The molecule has 4 heterocycles. The van der Waals surface area contributed by atoms with Gasteiger partial charge in [0.25, 0.3) is 0 Å². The molecule has 4 aliphatic heterocycles. The van der Waals surface area contributed by atoms with Gasteiger partial charge in [-0.1, -0.05) is 13.8 Å². The molecule has 0 unspecified atom stereocenters. The van der Waals surface area contributed by atoms with Crippen LogP contribution in [0.4, 0.5) is 0 Å². The van der Waals surface area contributed by atoms with E-state index in [0.29, 0.717) is 11.8 Å². The predicted octanol–water partition coefficient (Wildman–Crippen LogP) is 2.19. The average Bonchev–Trinajstić information content (AvgIpc) is 2.63. The van der Waals surface area contributed by atoms with Crippen LogP contribution in [0.3, 0.4) is 0 Å². The van der Waals surface area contributed by atoms with Gasteiger partial charge in [0.05, 0.1) is 0 Å². The molecule has 5 nitrogen and oxygen atoms in total. The van der Waals surface area contributed by atoms with E-state index in [4.69, 9.17) is 19.2 Å². The van der Waals surface area contributed by atoms with Crippen molar-refractivity contribution in [3.63, 3.8) is 0 Å². The van der Waals surface area contributed by atoms with Crippen molar-refractivity contribution in [2.75, 3.05) is 0 Å². The lowest BCUT2D eigenvalue weighted by molar-refractivity contribution is -0.576. The van der Waals surface area contributed by atoms with Crippen molar-refractivity contribution in [3.05, 3.63) is 0 Å². The maximum Gasteiger partial charge on any atom is 0.201 e. The Morgan fingerprint density at radius 1 is 1.05 bits per heavy atom. The number of fused-ring (bicyclic) bond motifs is 2. The minimum absolute atomic E-state index is 0.0379. The van der Waals surface area contributed by atoms with Crippen molar-refractivity contribution < 1.29 is 24.4 Å². The predicted molar refractivity (Wildman–Crippen MR) is 69.0 cm³/mol. The van der Waals surface area contributed by atoms with Gasteiger partial charge in [-0.3, -0.25) is 0 Å². The molecule has 5 heteroatoms. The molecule has 5 fully saturated rings. The van der Waals surface area contributed by atoms with Crippen LogP contribution in [0, 0.1) is 23.7 Å². The van der Waals surface area contributed by atoms with Gasteiger partial charge >= 0.3 is 0 Å². The fourth-order valence-corrected chi connectivity index (χ4v) is 4.89. The summed E-state index contributed by atoms with van der Waals surface area (Å²) >= 11 is 0. The van der Waals surface area contributed by atoms with Crippen LogP contribution in [-0.2, 0) is 19.2 Å². The minimum atomic E-state index is -0.781. The van der Waals surface area contributed by atoms with Crippen molar-refractivity contribution in [3.8, 4) is 0 Å². The van der Waals surface area contributed by atoms with E-state index in [1.165, 1.54) is 6.42 Å². The number of ether oxygens (including phenoxy) is 2. The largest absolute Gasteiger partial charge is 0.368 e. The van der Waals surface area contributed by atoms with E-state index in [1.54, 1.807) is 0 Å². The zero-order chi connectivity index (χ0) is 14.1. The molecular weight excluding hydrogens is 260 g/mol. The quantitative estimate of drug-likeness (QED) is 0.691. The third-order valence-corrected chi connectivity index (χ3v) is 6.12. The molecule has 1 saturated carbocycles. The smallest absolute Gasteiger partial charge is 0.201 e.